The molecule has 10 nitrogen and oxygen atoms in total. The molecule has 2 atom stereocenters. The highest BCUT2D eigenvalue weighted by molar-refractivity contribution is 6.30. The largest absolute Gasteiger partial charge is 0.354 e. The summed E-state index contributed by atoms with van der Waals surface area (Å²) in [7, 11) is 0. The number of tetrazole rings is 1. The van der Waals surface area contributed by atoms with Gasteiger partial charge in [0.1, 0.15) is 18.4 Å². The Hall–Kier alpha value is -4.05. The van der Waals surface area contributed by atoms with Crippen molar-refractivity contribution >= 4 is 35.4 Å². The van der Waals surface area contributed by atoms with Gasteiger partial charge in [0.05, 0.1) is 5.69 Å². The zero-order valence-electron chi connectivity index (χ0n) is 19.4. The SMILES string of the molecule is O=C(/C=C/c1cc(Cl)ccc1-n1cnnn1)N[C@@H](Cc1ccccc1)C(=O)N[C@@H]1CCCCNC1=O. The fraction of sp³-hybridized carbons (Fsp3) is 0.280. The Morgan fingerprint density at radius 2 is 2.03 bits per heavy atom. The van der Waals surface area contributed by atoms with Gasteiger partial charge in [0.15, 0.2) is 0 Å². The van der Waals surface area contributed by atoms with E-state index in [0.29, 0.717) is 29.2 Å². The van der Waals surface area contributed by atoms with Gasteiger partial charge in [-0.2, -0.15) is 4.68 Å². The Morgan fingerprint density at radius 3 is 2.81 bits per heavy atom. The summed E-state index contributed by atoms with van der Waals surface area (Å²) in [6, 6.07) is 13.0. The number of rotatable bonds is 8. The van der Waals surface area contributed by atoms with Crippen LogP contribution in [0.15, 0.2) is 60.9 Å². The molecule has 1 aromatic heterocycles. The van der Waals surface area contributed by atoms with Gasteiger partial charge in [0.25, 0.3) is 0 Å². The van der Waals surface area contributed by atoms with Crippen LogP contribution in [0.1, 0.15) is 30.4 Å². The van der Waals surface area contributed by atoms with Crippen LogP contribution in [0.4, 0.5) is 0 Å². The molecule has 1 aliphatic heterocycles. The van der Waals surface area contributed by atoms with Gasteiger partial charge >= 0.3 is 0 Å². The highest BCUT2D eigenvalue weighted by Crippen LogP contribution is 2.20. The van der Waals surface area contributed by atoms with Crippen LogP contribution in [0.5, 0.6) is 0 Å². The van der Waals surface area contributed by atoms with Crippen molar-refractivity contribution in [3.05, 3.63) is 77.1 Å². The second kappa shape index (κ2) is 12.1. The first-order valence-electron chi connectivity index (χ1n) is 11.6. The molecule has 0 unspecified atom stereocenters. The molecule has 2 heterocycles. The lowest BCUT2D eigenvalue weighted by Crippen LogP contribution is -2.53. The van der Waals surface area contributed by atoms with E-state index in [0.717, 1.165) is 18.4 Å². The minimum Gasteiger partial charge on any atom is -0.354 e. The topological polar surface area (TPSA) is 131 Å². The molecular formula is C25H26ClN7O3. The van der Waals surface area contributed by atoms with Crippen LogP contribution in [0.25, 0.3) is 11.8 Å². The van der Waals surface area contributed by atoms with Crippen LogP contribution >= 0.6 is 11.6 Å². The number of nitrogens with zero attached hydrogens (tertiary/aromatic N) is 4. The molecule has 0 spiro atoms. The quantitative estimate of drug-likeness (QED) is 0.399. The van der Waals surface area contributed by atoms with Crippen molar-refractivity contribution in [3.8, 4) is 5.69 Å². The molecule has 11 heteroatoms. The molecule has 1 saturated heterocycles. The minimum absolute atomic E-state index is 0.207. The third kappa shape index (κ3) is 6.76. The van der Waals surface area contributed by atoms with Gasteiger partial charge in [0.2, 0.25) is 17.7 Å². The molecule has 0 saturated carbocycles. The summed E-state index contributed by atoms with van der Waals surface area (Å²) in [5.41, 5.74) is 2.12. The Labute approximate surface area is 213 Å². The maximum atomic E-state index is 13.2. The fourth-order valence-corrected chi connectivity index (χ4v) is 4.11. The van der Waals surface area contributed by atoms with E-state index in [4.69, 9.17) is 11.6 Å². The number of hydrogen-bond acceptors (Lipinski definition) is 6. The lowest BCUT2D eigenvalue weighted by Gasteiger charge is -2.21. The summed E-state index contributed by atoms with van der Waals surface area (Å²) in [5.74, 6) is -1.10. The highest BCUT2D eigenvalue weighted by Gasteiger charge is 2.27. The maximum absolute atomic E-state index is 13.2. The molecule has 186 valence electrons. The Kier molecular flexibility index (Phi) is 8.40. The van der Waals surface area contributed by atoms with E-state index >= 15 is 0 Å². The number of carbonyl (C=O) groups is 3. The summed E-state index contributed by atoms with van der Waals surface area (Å²) in [6.45, 7) is 0.594. The standard InChI is InChI=1S/C25H26ClN7O3/c26-19-10-11-22(33-16-28-31-32-33)18(15-19)9-12-23(34)29-21(14-17-6-2-1-3-7-17)25(36)30-20-8-4-5-13-27-24(20)35/h1-3,6-7,9-12,15-16,20-21H,4-5,8,13-14H2,(H,27,35)(H,29,34)(H,30,36)/b12-9+/t20-,21+/m1/s1. The van der Waals surface area contributed by atoms with Gasteiger partial charge in [-0.15, -0.1) is 5.10 Å². The molecule has 2 aromatic carbocycles. The monoisotopic (exact) mass is 507 g/mol. The molecular weight excluding hydrogens is 482 g/mol. The molecule has 36 heavy (non-hydrogen) atoms. The number of amides is 3. The number of aromatic nitrogens is 4. The van der Waals surface area contributed by atoms with Crippen molar-refractivity contribution in [2.45, 2.75) is 37.8 Å². The molecule has 0 aliphatic carbocycles. The zero-order valence-corrected chi connectivity index (χ0v) is 20.2. The first kappa shape index (κ1) is 25.1. The molecule has 3 amide bonds. The highest BCUT2D eigenvalue weighted by atomic mass is 35.5. The van der Waals surface area contributed by atoms with Crippen molar-refractivity contribution in [1.29, 1.82) is 0 Å². The molecule has 1 fully saturated rings. The van der Waals surface area contributed by atoms with E-state index in [1.165, 1.54) is 17.1 Å². The minimum atomic E-state index is -0.876. The van der Waals surface area contributed by atoms with Crippen molar-refractivity contribution in [2.24, 2.45) is 0 Å². The Bertz CT molecular complexity index is 1230. The Balaban J connectivity index is 1.50. The average molecular weight is 508 g/mol. The summed E-state index contributed by atoms with van der Waals surface area (Å²) < 4.78 is 1.46. The Morgan fingerprint density at radius 1 is 1.19 bits per heavy atom. The lowest BCUT2D eigenvalue weighted by molar-refractivity contribution is -0.131. The summed E-state index contributed by atoms with van der Waals surface area (Å²) in [6.07, 6.45) is 6.85. The van der Waals surface area contributed by atoms with Crippen molar-refractivity contribution in [3.63, 3.8) is 0 Å². The van der Waals surface area contributed by atoms with Gasteiger partial charge in [-0.05, 0) is 59.5 Å². The molecule has 0 bridgehead atoms. The van der Waals surface area contributed by atoms with Crippen LogP contribution < -0.4 is 16.0 Å². The van der Waals surface area contributed by atoms with Crippen molar-refractivity contribution in [2.75, 3.05) is 6.54 Å². The third-order valence-corrected chi connectivity index (χ3v) is 6.00. The molecule has 4 rings (SSSR count). The van der Waals surface area contributed by atoms with Crippen LogP contribution in [0, 0.1) is 0 Å². The van der Waals surface area contributed by atoms with Crippen molar-refractivity contribution < 1.29 is 14.4 Å². The third-order valence-electron chi connectivity index (χ3n) is 5.77. The molecule has 1 aliphatic rings. The average Bonchev–Trinajstić information content (AvgIpc) is 3.33. The summed E-state index contributed by atoms with van der Waals surface area (Å²) in [4.78, 5) is 38.4. The summed E-state index contributed by atoms with van der Waals surface area (Å²) in [5, 5.41) is 20.0. The van der Waals surface area contributed by atoms with E-state index in [1.807, 2.05) is 30.3 Å². The second-order valence-electron chi connectivity index (χ2n) is 8.39. The lowest BCUT2D eigenvalue weighted by atomic mass is 10.0. The second-order valence-corrected chi connectivity index (χ2v) is 8.83. The van der Waals surface area contributed by atoms with Gasteiger partial charge in [0, 0.05) is 29.6 Å². The molecule has 0 radical (unpaired) electrons. The van der Waals surface area contributed by atoms with Crippen LogP contribution in [-0.2, 0) is 20.8 Å². The summed E-state index contributed by atoms with van der Waals surface area (Å²) >= 11 is 6.14. The van der Waals surface area contributed by atoms with Crippen molar-refractivity contribution in [1.82, 2.24) is 36.2 Å². The van der Waals surface area contributed by atoms with Gasteiger partial charge in [-0.3, -0.25) is 14.4 Å². The molecule has 3 N–H and O–H groups in total. The number of carbonyl (C=O) groups excluding carboxylic acids is 3. The fourth-order valence-electron chi connectivity index (χ4n) is 3.93. The number of halogens is 1. The smallest absolute Gasteiger partial charge is 0.244 e. The normalized spacial score (nSPS) is 16.7. The number of nitrogens with one attached hydrogen (secondary N) is 3. The predicted octanol–water partition coefficient (Wildman–Crippen LogP) is 1.84. The maximum Gasteiger partial charge on any atom is 0.244 e. The van der Waals surface area contributed by atoms with E-state index in [9.17, 15) is 14.4 Å². The zero-order chi connectivity index (χ0) is 25.3. The van der Waals surface area contributed by atoms with E-state index < -0.39 is 23.9 Å². The van der Waals surface area contributed by atoms with Crippen LogP contribution in [-0.4, -0.2) is 56.6 Å². The molecule has 3 aromatic rings. The van der Waals surface area contributed by atoms with Gasteiger partial charge < -0.3 is 16.0 Å². The van der Waals surface area contributed by atoms with Crippen LogP contribution in [0.3, 0.4) is 0 Å². The number of hydrogen-bond donors (Lipinski definition) is 3. The predicted molar refractivity (Wildman–Crippen MR) is 134 cm³/mol. The van der Waals surface area contributed by atoms with E-state index in [-0.39, 0.29) is 12.3 Å². The van der Waals surface area contributed by atoms with E-state index in [2.05, 4.69) is 31.5 Å². The first-order chi connectivity index (χ1) is 17.5. The van der Waals surface area contributed by atoms with Gasteiger partial charge in [-0.25, -0.2) is 0 Å². The van der Waals surface area contributed by atoms with E-state index in [1.54, 1.807) is 24.3 Å². The first-order valence-corrected chi connectivity index (χ1v) is 12.0. The van der Waals surface area contributed by atoms with Crippen LogP contribution in [0.2, 0.25) is 5.02 Å². The number of benzene rings is 2. The van der Waals surface area contributed by atoms with Gasteiger partial charge in [-0.1, -0.05) is 41.9 Å².